The lowest BCUT2D eigenvalue weighted by molar-refractivity contribution is -0.102. The highest BCUT2D eigenvalue weighted by molar-refractivity contribution is 8.00. The van der Waals surface area contributed by atoms with E-state index in [1.165, 1.54) is 0 Å². The monoisotopic (exact) mass is 548 g/mol. The van der Waals surface area contributed by atoms with Crippen molar-refractivity contribution in [3.63, 3.8) is 0 Å². The van der Waals surface area contributed by atoms with Crippen LogP contribution in [-0.2, 0) is 0 Å². The Morgan fingerprint density at radius 2 is 1.42 bits per heavy atom. The minimum Gasteiger partial charge on any atom is -0.493 e. The van der Waals surface area contributed by atoms with Gasteiger partial charge in [0.05, 0.1) is 46.3 Å². The Morgan fingerprint density at radius 3 is 1.87 bits per heavy atom. The van der Waals surface area contributed by atoms with Crippen molar-refractivity contribution < 1.29 is 33.7 Å². The summed E-state index contributed by atoms with van der Waals surface area (Å²) in [6, 6.07) is 7.23. The first-order chi connectivity index (χ1) is 18.1. The maximum absolute atomic E-state index is 12.9. The van der Waals surface area contributed by atoms with Gasteiger partial charge in [0.1, 0.15) is 0 Å². The Bertz CT molecular complexity index is 1090. The number of anilines is 1. The summed E-state index contributed by atoms with van der Waals surface area (Å²) in [5.41, 5.74) is 1.78. The van der Waals surface area contributed by atoms with Gasteiger partial charge in [-0.3, -0.25) is 5.21 Å². The summed E-state index contributed by atoms with van der Waals surface area (Å²) in [6.07, 6.45) is 2.66. The molecule has 210 valence electrons. The molecule has 9 nitrogen and oxygen atoms in total. The molecule has 1 saturated heterocycles. The SMILES string of the molecule is CCCOc1c(NC(=O)N(O)C(C)(C)C)cc(C2CCC(c3cc(OC)c(OC)c(OC)c3)S2)cc1OC. The quantitative estimate of drug-likeness (QED) is 0.246. The molecule has 0 saturated carbocycles. The van der Waals surface area contributed by atoms with E-state index in [0.29, 0.717) is 46.1 Å². The molecule has 0 bridgehead atoms. The number of carbonyl (C=O) groups is 1. The van der Waals surface area contributed by atoms with Crippen molar-refractivity contribution in [3.8, 4) is 28.7 Å². The third-order valence-electron chi connectivity index (χ3n) is 6.27. The molecule has 0 aliphatic carbocycles. The van der Waals surface area contributed by atoms with Gasteiger partial charge in [0, 0.05) is 10.5 Å². The largest absolute Gasteiger partial charge is 0.493 e. The molecule has 0 aromatic heterocycles. The zero-order chi connectivity index (χ0) is 28.0. The van der Waals surface area contributed by atoms with Gasteiger partial charge >= 0.3 is 6.03 Å². The Balaban J connectivity index is 1.94. The molecule has 10 heteroatoms. The van der Waals surface area contributed by atoms with Crippen LogP contribution in [0.2, 0.25) is 0 Å². The molecule has 1 aliphatic rings. The van der Waals surface area contributed by atoms with Gasteiger partial charge in [-0.1, -0.05) is 6.92 Å². The minimum atomic E-state index is -0.773. The summed E-state index contributed by atoms with van der Waals surface area (Å²) in [6.45, 7) is 7.71. The number of ether oxygens (including phenoxy) is 5. The second-order valence-corrected chi connectivity index (χ2v) is 11.4. The number of amides is 2. The number of urea groups is 1. The van der Waals surface area contributed by atoms with Crippen molar-refractivity contribution >= 4 is 23.5 Å². The first-order valence-electron chi connectivity index (χ1n) is 12.7. The lowest BCUT2D eigenvalue weighted by Gasteiger charge is -2.29. The first kappa shape index (κ1) is 29.6. The molecule has 2 aromatic carbocycles. The van der Waals surface area contributed by atoms with Crippen LogP contribution in [0, 0.1) is 0 Å². The van der Waals surface area contributed by atoms with E-state index in [4.69, 9.17) is 23.7 Å². The van der Waals surface area contributed by atoms with Crippen LogP contribution < -0.4 is 29.0 Å². The predicted octanol–water partition coefficient (Wildman–Crippen LogP) is 6.84. The molecule has 0 spiro atoms. The molecule has 38 heavy (non-hydrogen) atoms. The highest BCUT2D eigenvalue weighted by atomic mass is 32.2. The zero-order valence-electron chi connectivity index (χ0n) is 23.5. The van der Waals surface area contributed by atoms with E-state index in [0.717, 1.165) is 30.4 Å². The molecule has 1 aliphatic heterocycles. The third-order valence-corrected chi connectivity index (χ3v) is 7.94. The lowest BCUT2D eigenvalue weighted by Crippen LogP contribution is -2.45. The standard InChI is InChI=1S/C28H40N2O7S/c1-9-12-37-25-19(29-27(31)30(32)28(2,3)4)13-17(14-20(25)33-5)23-10-11-24(38-23)18-15-21(34-6)26(36-8)22(16-18)35-7/h13-16,23-24,32H,9-12H2,1-8H3,(H,29,31). The van der Waals surface area contributed by atoms with Crippen molar-refractivity contribution in [1.29, 1.82) is 0 Å². The number of methoxy groups -OCH3 is 4. The topological polar surface area (TPSA) is 98.7 Å². The van der Waals surface area contributed by atoms with E-state index < -0.39 is 11.6 Å². The maximum Gasteiger partial charge on any atom is 0.346 e. The number of nitrogens with one attached hydrogen (secondary N) is 1. The van der Waals surface area contributed by atoms with Crippen LogP contribution in [0.1, 0.15) is 68.6 Å². The second-order valence-electron chi connectivity index (χ2n) is 10.0. The molecule has 2 amide bonds. The summed E-state index contributed by atoms with van der Waals surface area (Å²) in [5.74, 6) is 2.80. The van der Waals surface area contributed by atoms with Gasteiger partial charge in [-0.2, -0.15) is 0 Å². The summed E-state index contributed by atoms with van der Waals surface area (Å²) >= 11 is 1.83. The predicted molar refractivity (Wildman–Crippen MR) is 150 cm³/mol. The van der Waals surface area contributed by atoms with Crippen LogP contribution in [0.25, 0.3) is 0 Å². The van der Waals surface area contributed by atoms with E-state index in [1.807, 2.05) is 43.0 Å². The second kappa shape index (κ2) is 12.7. The average molecular weight is 549 g/mol. The number of hydrogen-bond donors (Lipinski definition) is 2. The summed E-state index contributed by atoms with van der Waals surface area (Å²) in [5, 5.41) is 14.3. The van der Waals surface area contributed by atoms with Gasteiger partial charge in [-0.15, -0.1) is 11.8 Å². The zero-order valence-corrected chi connectivity index (χ0v) is 24.4. The van der Waals surface area contributed by atoms with E-state index in [2.05, 4.69) is 5.32 Å². The summed E-state index contributed by atoms with van der Waals surface area (Å²) < 4.78 is 28.2. The fourth-order valence-corrected chi connectivity index (χ4v) is 5.82. The molecule has 2 aromatic rings. The fourth-order valence-electron chi connectivity index (χ4n) is 4.29. The van der Waals surface area contributed by atoms with Crippen molar-refractivity contribution in [2.24, 2.45) is 0 Å². The maximum atomic E-state index is 12.9. The highest BCUT2D eigenvalue weighted by Gasteiger charge is 2.32. The number of thioether (sulfide) groups is 1. The van der Waals surface area contributed by atoms with Gasteiger partial charge in [0.2, 0.25) is 5.75 Å². The lowest BCUT2D eigenvalue weighted by atomic mass is 10.0. The fraction of sp³-hybridized carbons (Fsp3) is 0.536. The Labute approximate surface area is 229 Å². The number of carbonyl (C=O) groups excluding carboxylic acids is 1. The normalized spacial score (nSPS) is 17.1. The van der Waals surface area contributed by atoms with Gasteiger partial charge in [-0.25, -0.2) is 9.86 Å². The van der Waals surface area contributed by atoms with Gasteiger partial charge in [0.15, 0.2) is 23.0 Å². The number of hydroxylamine groups is 2. The highest BCUT2D eigenvalue weighted by Crippen LogP contribution is 2.56. The van der Waals surface area contributed by atoms with E-state index in [-0.39, 0.29) is 10.5 Å². The van der Waals surface area contributed by atoms with E-state index in [1.54, 1.807) is 49.2 Å². The van der Waals surface area contributed by atoms with Gasteiger partial charge in [-0.05, 0) is 75.4 Å². The first-order valence-corrected chi connectivity index (χ1v) is 13.6. The molecule has 0 radical (unpaired) electrons. The number of hydrogen-bond acceptors (Lipinski definition) is 8. The smallest absolute Gasteiger partial charge is 0.346 e. The Morgan fingerprint density at radius 1 is 0.921 bits per heavy atom. The molecular weight excluding hydrogens is 508 g/mol. The Hall–Kier alpha value is -2.98. The third kappa shape index (κ3) is 6.53. The molecule has 1 heterocycles. The van der Waals surface area contributed by atoms with E-state index in [9.17, 15) is 10.0 Å². The van der Waals surface area contributed by atoms with Crippen LogP contribution in [0.3, 0.4) is 0 Å². The van der Waals surface area contributed by atoms with Crippen LogP contribution in [0.15, 0.2) is 24.3 Å². The van der Waals surface area contributed by atoms with Crippen molar-refractivity contribution in [2.75, 3.05) is 40.4 Å². The number of nitrogens with zero attached hydrogens (tertiary/aromatic N) is 1. The summed E-state index contributed by atoms with van der Waals surface area (Å²) in [4.78, 5) is 12.9. The molecule has 2 N–H and O–H groups in total. The summed E-state index contributed by atoms with van der Waals surface area (Å²) in [7, 11) is 6.40. The van der Waals surface area contributed by atoms with Gasteiger partial charge < -0.3 is 29.0 Å². The molecule has 2 atom stereocenters. The number of benzene rings is 2. The molecular formula is C28H40N2O7S. The minimum absolute atomic E-state index is 0.150. The molecule has 3 rings (SSSR count). The van der Waals surface area contributed by atoms with Crippen LogP contribution in [0.5, 0.6) is 28.7 Å². The van der Waals surface area contributed by atoms with Crippen molar-refractivity contribution in [3.05, 3.63) is 35.4 Å². The average Bonchev–Trinajstić information content (AvgIpc) is 3.40. The van der Waals surface area contributed by atoms with Crippen LogP contribution in [-0.4, -0.2) is 56.9 Å². The molecule has 1 fully saturated rings. The number of rotatable bonds is 10. The molecule has 2 unspecified atom stereocenters. The van der Waals surface area contributed by atoms with Gasteiger partial charge in [0.25, 0.3) is 0 Å². The van der Waals surface area contributed by atoms with Crippen LogP contribution in [0.4, 0.5) is 10.5 Å². The van der Waals surface area contributed by atoms with E-state index >= 15 is 0 Å². The van der Waals surface area contributed by atoms with Crippen molar-refractivity contribution in [1.82, 2.24) is 5.06 Å². The van der Waals surface area contributed by atoms with Crippen LogP contribution >= 0.6 is 11.8 Å². The Kier molecular flexibility index (Phi) is 9.89. The van der Waals surface area contributed by atoms with Crippen molar-refractivity contribution in [2.45, 2.75) is 63.0 Å².